The second-order valence-corrected chi connectivity index (χ2v) is 19.6. The van der Waals surface area contributed by atoms with Gasteiger partial charge in [0.1, 0.15) is 34.8 Å². The average molecular weight is 889 g/mol. The average Bonchev–Trinajstić information content (AvgIpc) is 4.10. The van der Waals surface area contributed by atoms with Crippen LogP contribution >= 0.6 is 0 Å². The van der Waals surface area contributed by atoms with Crippen molar-refractivity contribution in [3.05, 3.63) is 107 Å². The van der Waals surface area contributed by atoms with Gasteiger partial charge in [0.05, 0.1) is 31.9 Å². The van der Waals surface area contributed by atoms with Gasteiger partial charge < -0.3 is 34.2 Å². The SMILES string of the molecule is COc1cc(C2CCCC2c2nc(N3CCC(c4ccccc4OC)CC3)c3cc(N(C)C)ccc3n2)ccc1C1CCN(c2nc(C3CCCC3)nc3ccc(N(C)CCO)cc23)CC1. The molecule has 2 saturated carbocycles. The summed E-state index contributed by atoms with van der Waals surface area (Å²) in [6, 6.07) is 28.8. The summed E-state index contributed by atoms with van der Waals surface area (Å²) in [4.78, 5) is 30.7. The van der Waals surface area contributed by atoms with Crippen molar-refractivity contribution in [3.63, 3.8) is 0 Å². The molecule has 4 aliphatic rings. The predicted octanol–water partition coefficient (Wildman–Crippen LogP) is 10.6. The summed E-state index contributed by atoms with van der Waals surface area (Å²) in [6.45, 7) is 4.41. The Morgan fingerprint density at radius 3 is 1.77 bits per heavy atom. The molecule has 11 heteroatoms. The van der Waals surface area contributed by atoms with Gasteiger partial charge in [-0.3, -0.25) is 0 Å². The molecule has 2 saturated heterocycles. The van der Waals surface area contributed by atoms with E-state index in [9.17, 15) is 5.11 Å². The molecule has 1 N–H and O–H groups in total. The van der Waals surface area contributed by atoms with Crippen molar-refractivity contribution in [1.82, 2.24) is 19.9 Å². The molecule has 2 unspecified atom stereocenters. The van der Waals surface area contributed by atoms with Gasteiger partial charge >= 0.3 is 0 Å². The Bertz CT molecular complexity index is 2650. The lowest BCUT2D eigenvalue weighted by Crippen LogP contribution is -2.34. The summed E-state index contributed by atoms with van der Waals surface area (Å²) in [5, 5.41) is 11.9. The zero-order valence-corrected chi connectivity index (χ0v) is 39.8. The first-order chi connectivity index (χ1) is 32.3. The fraction of sp³-hybridized carbons (Fsp3) is 0.491. The highest BCUT2D eigenvalue weighted by Crippen LogP contribution is 2.48. The van der Waals surface area contributed by atoms with Crippen LogP contribution in [0, 0.1) is 0 Å². The van der Waals surface area contributed by atoms with Crippen LogP contribution in [0.5, 0.6) is 11.5 Å². The van der Waals surface area contributed by atoms with E-state index in [4.69, 9.17) is 29.4 Å². The first-order valence-corrected chi connectivity index (χ1v) is 24.7. The largest absolute Gasteiger partial charge is 0.496 e. The van der Waals surface area contributed by atoms with E-state index < -0.39 is 0 Å². The number of benzene rings is 4. The number of rotatable bonds is 13. The van der Waals surface area contributed by atoms with E-state index in [0.717, 1.165) is 139 Å². The third-order valence-corrected chi connectivity index (χ3v) is 15.6. The van der Waals surface area contributed by atoms with Gasteiger partial charge in [-0.15, -0.1) is 0 Å². The standard InChI is InChI=1S/C55H68N8O3/c1-60(2)40-18-21-49-46(34-40)55(63-27-23-36(24-28-63)43-13-8-9-16-50(43)65-4)59-53(57-49)45-15-10-14-42(45)39-17-20-44(51(33-39)66-5)37-25-29-62(30-26-37)54-47-35-41(61(3)31-32-64)19-22-48(47)56-52(58-54)38-11-6-7-12-38/h8-9,13,16-22,33-38,42,45,64H,6-7,10-12,14-15,23-32H2,1-5H3. The normalized spacial score (nSPS) is 19.8. The Morgan fingerprint density at radius 1 is 0.561 bits per heavy atom. The van der Waals surface area contributed by atoms with Crippen molar-refractivity contribution >= 4 is 44.8 Å². The smallest absolute Gasteiger partial charge is 0.140 e. The number of aliphatic hydroxyl groups excluding tert-OH is 1. The molecule has 6 aromatic rings. The topological polar surface area (TPSA) is 103 Å². The number of anilines is 4. The van der Waals surface area contributed by atoms with Crippen LogP contribution in [-0.2, 0) is 0 Å². The zero-order chi connectivity index (χ0) is 45.3. The van der Waals surface area contributed by atoms with E-state index in [1.165, 1.54) is 42.4 Å². The fourth-order valence-corrected chi connectivity index (χ4v) is 11.8. The lowest BCUT2D eigenvalue weighted by Gasteiger charge is -2.35. The van der Waals surface area contributed by atoms with Crippen LogP contribution in [-0.4, -0.2) is 99.7 Å². The van der Waals surface area contributed by atoms with Gasteiger partial charge in [-0.2, -0.15) is 0 Å². The molecule has 2 aliphatic carbocycles. The molecule has 4 aromatic carbocycles. The highest BCUT2D eigenvalue weighted by atomic mass is 16.5. The van der Waals surface area contributed by atoms with Gasteiger partial charge in [-0.1, -0.05) is 49.6 Å². The van der Waals surface area contributed by atoms with Gasteiger partial charge in [0.2, 0.25) is 0 Å². The highest BCUT2D eigenvalue weighted by molar-refractivity contribution is 5.93. The zero-order valence-electron chi connectivity index (χ0n) is 39.8. The first-order valence-electron chi connectivity index (χ1n) is 24.7. The molecule has 346 valence electrons. The fourth-order valence-electron chi connectivity index (χ4n) is 11.8. The van der Waals surface area contributed by atoms with Crippen molar-refractivity contribution in [2.45, 2.75) is 100 Å². The van der Waals surface area contributed by atoms with Crippen molar-refractivity contribution < 1.29 is 14.6 Å². The van der Waals surface area contributed by atoms with Crippen LogP contribution in [0.4, 0.5) is 23.0 Å². The van der Waals surface area contributed by atoms with Gasteiger partial charge in [-0.05, 0) is 134 Å². The summed E-state index contributed by atoms with van der Waals surface area (Å²) in [5.74, 6) is 7.93. The number of piperidine rings is 2. The minimum Gasteiger partial charge on any atom is -0.496 e. The first kappa shape index (κ1) is 44.2. The molecule has 0 amide bonds. The van der Waals surface area contributed by atoms with Crippen LogP contribution in [0.2, 0.25) is 0 Å². The summed E-state index contributed by atoms with van der Waals surface area (Å²) in [5.41, 5.74) is 8.22. The number of methoxy groups -OCH3 is 2. The quantitative estimate of drug-likeness (QED) is 0.120. The highest BCUT2D eigenvalue weighted by Gasteiger charge is 2.35. The summed E-state index contributed by atoms with van der Waals surface area (Å²) in [6.07, 6.45) is 12.3. The van der Waals surface area contributed by atoms with Crippen LogP contribution in [0.25, 0.3) is 21.8 Å². The molecule has 4 heterocycles. The molecule has 2 aromatic heterocycles. The van der Waals surface area contributed by atoms with Crippen molar-refractivity contribution in [3.8, 4) is 11.5 Å². The number of fused-ring (bicyclic) bond motifs is 2. The van der Waals surface area contributed by atoms with Crippen LogP contribution in [0.15, 0.2) is 78.9 Å². The molecule has 0 spiro atoms. The number of likely N-dealkylation sites (N-methyl/N-ethyl adjacent to an activating group) is 1. The van der Waals surface area contributed by atoms with Gasteiger partial charge in [0.25, 0.3) is 0 Å². The van der Waals surface area contributed by atoms with E-state index in [1.807, 2.05) is 14.2 Å². The maximum absolute atomic E-state index is 9.66. The Labute approximate surface area is 391 Å². The molecule has 0 bridgehead atoms. The third-order valence-electron chi connectivity index (χ3n) is 15.6. The lowest BCUT2D eigenvalue weighted by atomic mass is 9.84. The van der Waals surface area contributed by atoms with Crippen molar-refractivity contribution in [2.24, 2.45) is 0 Å². The second kappa shape index (κ2) is 19.3. The van der Waals surface area contributed by atoms with Gasteiger partial charge in [0, 0.05) is 87.8 Å². The van der Waals surface area contributed by atoms with E-state index in [2.05, 4.69) is 113 Å². The number of hydrogen-bond acceptors (Lipinski definition) is 11. The Hall–Kier alpha value is -5.68. The molecule has 4 fully saturated rings. The number of aromatic nitrogens is 4. The van der Waals surface area contributed by atoms with Crippen LogP contribution < -0.4 is 29.1 Å². The maximum atomic E-state index is 9.66. The second-order valence-electron chi connectivity index (χ2n) is 19.6. The summed E-state index contributed by atoms with van der Waals surface area (Å²) < 4.78 is 12.0. The molecule has 0 radical (unpaired) electrons. The van der Waals surface area contributed by atoms with E-state index in [1.54, 1.807) is 7.11 Å². The molecular weight excluding hydrogens is 821 g/mol. The molecule has 2 atom stereocenters. The van der Waals surface area contributed by atoms with E-state index >= 15 is 0 Å². The van der Waals surface area contributed by atoms with Gasteiger partial charge in [0.15, 0.2) is 0 Å². The van der Waals surface area contributed by atoms with Gasteiger partial charge in [-0.25, -0.2) is 19.9 Å². The Balaban J connectivity index is 0.894. The maximum Gasteiger partial charge on any atom is 0.140 e. The van der Waals surface area contributed by atoms with E-state index in [0.29, 0.717) is 30.2 Å². The van der Waals surface area contributed by atoms with E-state index in [-0.39, 0.29) is 12.5 Å². The van der Waals surface area contributed by atoms with Crippen molar-refractivity contribution in [2.75, 3.05) is 94.3 Å². The monoisotopic (exact) mass is 889 g/mol. The summed E-state index contributed by atoms with van der Waals surface area (Å²) in [7, 11) is 9.85. The van der Waals surface area contributed by atoms with Crippen molar-refractivity contribution in [1.29, 1.82) is 0 Å². The minimum atomic E-state index is 0.113. The minimum absolute atomic E-state index is 0.113. The molecule has 11 nitrogen and oxygen atoms in total. The number of hydrogen-bond donors (Lipinski definition) is 1. The predicted molar refractivity (Wildman–Crippen MR) is 269 cm³/mol. The Kier molecular flexibility index (Phi) is 12.9. The molecule has 10 rings (SSSR count). The van der Waals surface area contributed by atoms with Crippen LogP contribution in [0.1, 0.15) is 129 Å². The Morgan fingerprint density at radius 2 is 1.14 bits per heavy atom. The number of aliphatic hydroxyl groups is 1. The number of nitrogens with zero attached hydrogens (tertiary/aromatic N) is 8. The molecule has 66 heavy (non-hydrogen) atoms. The summed E-state index contributed by atoms with van der Waals surface area (Å²) >= 11 is 0. The van der Waals surface area contributed by atoms with Crippen LogP contribution in [0.3, 0.4) is 0 Å². The number of para-hydroxylation sites is 1. The third kappa shape index (κ3) is 8.71. The molecular formula is C55H68N8O3. The number of ether oxygens (including phenoxy) is 2. The molecule has 2 aliphatic heterocycles. The lowest BCUT2D eigenvalue weighted by molar-refractivity contribution is 0.304.